The second-order valence-electron chi connectivity index (χ2n) is 8.75. The summed E-state index contributed by atoms with van der Waals surface area (Å²) in [5.41, 5.74) is 2.38. The topological polar surface area (TPSA) is 175 Å². The first-order valence-electron chi connectivity index (χ1n) is 9.91. The Bertz CT molecular complexity index is 1120. The van der Waals surface area contributed by atoms with Crippen LogP contribution in [-0.4, -0.2) is 81.1 Å². The fraction of sp³-hybridized carbons (Fsp3) is 0.409. The van der Waals surface area contributed by atoms with Crippen LogP contribution in [0.1, 0.15) is 15.9 Å². The zero-order valence-corrected chi connectivity index (χ0v) is 17.3. The van der Waals surface area contributed by atoms with Gasteiger partial charge in [0.15, 0.2) is 34.7 Å². The van der Waals surface area contributed by atoms with E-state index in [0.717, 1.165) is 0 Å². The van der Waals surface area contributed by atoms with Crippen molar-refractivity contribution in [2.75, 3.05) is 14.1 Å². The van der Waals surface area contributed by atoms with Crippen LogP contribution in [0.25, 0.3) is 5.57 Å². The largest absolute Gasteiger partial charge is 0.507 e. The van der Waals surface area contributed by atoms with E-state index >= 15 is 0 Å². The van der Waals surface area contributed by atoms with Crippen molar-refractivity contribution >= 4 is 34.6 Å². The lowest BCUT2D eigenvalue weighted by Crippen LogP contribution is -2.77. The lowest BCUT2D eigenvalue weighted by molar-refractivity contribution is -0.192. The number of Topliss-reactive ketones (excluding diaryl/α,β-unsaturated/α-hetero) is 4. The molecule has 2 saturated carbocycles. The normalized spacial score (nSPS) is 36.6. The number of fused-ring (bicyclic) bond motifs is 3. The third-order valence-electron chi connectivity index (χ3n) is 6.95. The molecule has 1 aromatic carbocycles. The van der Waals surface area contributed by atoms with E-state index in [0.29, 0.717) is 0 Å². The quantitative estimate of drug-likeness (QED) is 0.389. The number of primary amides is 1. The fourth-order valence-electron chi connectivity index (χ4n) is 5.57. The number of aliphatic hydroxyl groups excluding tert-OH is 1. The lowest BCUT2D eigenvalue weighted by Gasteiger charge is -2.55. The Labute approximate surface area is 182 Å². The Hall–Kier alpha value is -3.21. The molecule has 0 saturated heterocycles. The second kappa shape index (κ2) is 6.89. The van der Waals surface area contributed by atoms with Gasteiger partial charge in [-0.1, -0.05) is 18.7 Å². The van der Waals surface area contributed by atoms with Crippen LogP contribution in [0.4, 0.5) is 0 Å². The molecule has 0 heterocycles. The smallest absolute Gasteiger partial charge is 0.235 e. The zero-order chi connectivity index (χ0) is 23.9. The van der Waals surface area contributed by atoms with E-state index < -0.39 is 76.2 Å². The van der Waals surface area contributed by atoms with Gasteiger partial charge < -0.3 is 21.1 Å². The highest BCUT2D eigenvalue weighted by atomic mass is 16.3. The van der Waals surface area contributed by atoms with Crippen LogP contribution in [0.3, 0.4) is 0 Å². The highest BCUT2D eigenvalue weighted by Gasteiger charge is 2.72. The van der Waals surface area contributed by atoms with Crippen molar-refractivity contribution in [3.8, 4) is 5.75 Å². The number of ketones is 4. The van der Waals surface area contributed by atoms with Gasteiger partial charge in [-0.3, -0.25) is 28.9 Å². The molecule has 1 aromatic rings. The zero-order valence-electron chi connectivity index (χ0n) is 17.3. The third kappa shape index (κ3) is 2.48. The summed E-state index contributed by atoms with van der Waals surface area (Å²) in [6.45, 7) is 3.90. The average molecular weight is 442 g/mol. The first kappa shape index (κ1) is 22.0. The van der Waals surface area contributed by atoms with Crippen LogP contribution >= 0.6 is 0 Å². The number of rotatable bonds is 2. The van der Waals surface area contributed by atoms with Crippen LogP contribution in [0, 0.1) is 23.7 Å². The van der Waals surface area contributed by atoms with Gasteiger partial charge >= 0.3 is 0 Å². The van der Waals surface area contributed by atoms with Gasteiger partial charge in [-0.25, -0.2) is 0 Å². The molecule has 32 heavy (non-hydrogen) atoms. The van der Waals surface area contributed by atoms with Gasteiger partial charge in [0.2, 0.25) is 5.91 Å². The molecule has 0 radical (unpaired) electrons. The van der Waals surface area contributed by atoms with Crippen molar-refractivity contribution in [1.29, 1.82) is 0 Å². The third-order valence-corrected chi connectivity index (χ3v) is 6.95. The Morgan fingerprint density at radius 2 is 1.78 bits per heavy atom. The minimum Gasteiger partial charge on any atom is -0.507 e. The van der Waals surface area contributed by atoms with E-state index in [1.165, 1.54) is 37.2 Å². The summed E-state index contributed by atoms with van der Waals surface area (Å²) < 4.78 is 0. The van der Waals surface area contributed by atoms with E-state index in [1.54, 1.807) is 0 Å². The monoisotopic (exact) mass is 442 g/mol. The van der Waals surface area contributed by atoms with Gasteiger partial charge in [0.25, 0.3) is 0 Å². The number of aromatic hydroxyl groups is 1. The number of hydrogen-bond acceptors (Lipinski definition) is 9. The molecule has 10 nitrogen and oxygen atoms in total. The molecular weight excluding hydrogens is 420 g/mol. The molecule has 0 bridgehead atoms. The molecule has 10 heteroatoms. The minimum absolute atomic E-state index is 0.151. The highest BCUT2D eigenvalue weighted by molar-refractivity contribution is 6.33. The van der Waals surface area contributed by atoms with E-state index in [4.69, 9.17) is 5.73 Å². The summed E-state index contributed by atoms with van der Waals surface area (Å²) in [5.74, 6) is -13.1. The number of benzene rings is 1. The molecular formula is C22H22N2O8. The van der Waals surface area contributed by atoms with Gasteiger partial charge in [-0.2, -0.15) is 0 Å². The van der Waals surface area contributed by atoms with E-state index in [2.05, 4.69) is 6.58 Å². The molecule has 0 unspecified atom stereocenters. The summed E-state index contributed by atoms with van der Waals surface area (Å²) in [7, 11) is 2.85. The Morgan fingerprint density at radius 1 is 1.16 bits per heavy atom. The number of phenolic OH excluding ortho intramolecular Hbond substituents is 1. The number of hydrogen-bond donors (Lipinski definition) is 4. The maximum absolute atomic E-state index is 13.6. The first-order chi connectivity index (χ1) is 14.9. The summed E-state index contributed by atoms with van der Waals surface area (Å²) in [5, 5.41) is 33.0. The number of nitrogens with two attached hydrogens (primary N) is 1. The molecule has 3 aliphatic carbocycles. The number of carbonyl (C=O) groups is 5. The van der Waals surface area contributed by atoms with Crippen molar-refractivity contribution in [3.63, 3.8) is 0 Å². The minimum atomic E-state index is -3.01. The molecule has 0 aromatic heterocycles. The van der Waals surface area contributed by atoms with Crippen LogP contribution in [-0.2, 0) is 19.2 Å². The SMILES string of the molecule is C=C1c2cccc(O)c2C(=O)[C@@H]2C(=O)[C@]3(O)C(=O)[C@@H](C(N)=O)C(=O)[C@@H](N(C)C)[C@@H]3[C@@H](O)[C@H]12. The number of aliphatic hydroxyl groups is 2. The number of amides is 1. The van der Waals surface area contributed by atoms with Gasteiger partial charge in [0, 0.05) is 5.92 Å². The molecule has 1 amide bonds. The molecule has 0 spiro atoms. The molecule has 7 atom stereocenters. The Balaban J connectivity index is 1.97. The number of carbonyl (C=O) groups excluding carboxylic acids is 5. The van der Waals surface area contributed by atoms with Gasteiger partial charge in [-0.15, -0.1) is 0 Å². The molecule has 4 rings (SSSR count). The van der Waals surface area contributed by atoms with E-state index in [1.807, 2.05) is 0 Å². The van der Waals surface area contributed by atoms with E-state index in [9.17, 15) is 39.3 Å². The maximum Gasteiger partial charge on any atom is 0.235 e. The number of phenols is 1. The highest BCUT2D eigenvalue weighted by Crippen LogP contribution is 2.53. The predicted molar refractivity (Wildman–Crippen MR) is 108 cm³/mol. The van der Waals surface area contributed by atoms with Crippen molar-refractivity contribution < 1.29 is 39.3 Å². The second-order valence-corrected chi connectivity index (χ2v) is 8.75. The van der Waals surface area contributed by atoms with Crippen molar-refractivity contribution in [2.45, 2.75) is 17.7 Å². The molecule has 3 aliphatic rings. The summed E-state index contributed by atoms with van der Waals surface area (Å²) in [6, 6.07) is 2.78. The van der Waals surface area contributed by atoms with Crippen LogP contribution in [0.15, 0.2) is 24.8 Å². The molecule has 168 valence electrons. The first-order valence-corrected chi connectivity index (χ1v) is 9.91. The summed E-state index contributed by atoms with van der Waals surface area (Å²) >= 11 is 0. The van der Waals surface area contributed by atoms with Gasteiger partial charge in [-0.05, 0) is 31.3 Å². The molecule has 0 aliphatic heterocycles. The predicted octanol–water partition coefficient (Wildman–Crippen LogP) is -1.69. The van der Waals surface area contributed by atoms with Crippen LogP contribution in [0.2, 0.25) is 0 Å². The standard InChI is InChI=1S/C22H22N2O8/c1-7-8-5-4-6-9(25)11(8)16(26)12-10(7)17(27)14-15(24(2)3)18(28)13(21(23)31)20(30)22(14,32)19(12)29/h4-6,10,12-15,17,25,27,32H,1H2,2-3H3,(H2,23,31)/t10-,12-,13+,14-,15+,17+,22+/m1/s1. The van der Waals surface area contributed by atoms with Crippen LogP contribution in [0.5, 0.6) is 5.75 Å². The van der Waals surface area contributed by atoms with Crippen molar-refractivity contribution in [3.05, 3.63) is 35.9 Å². The molecule has 5 N–H and O–H groups in total. The number of nitrogens with zero attached hydrogens (tertiary/aromatic N) is 1. The van der Waals surface area contributed by atoms with Crippen molar-refractivity contribution in [2.24, 2.45) is 29.4 Å². The van der Waals surface area contributed by atoms with E-state index in [-0.39, 0.29) is 16.7 Å². The average Bonchev–Trinajstić information content (AvgIpc) is 2.70. The molecule has 2 fully saturated rings. The fourth-order valence-corrected chi connectivity index (χ4v) is 5.57. The Morgan fingerprint density at radius 3 is 2.34 bits per heavy atom. The number of likely N-dealkylation sites (N-methyl/N-ethyl adjacent to an activating group) is 1. The van der Waals surface area contributed by atoms with Gasteiger partial charge in [0.1, 0.15) is 5.75 Å². The van der Waals surface area contributed by atoms with Crippen molar-refractivity contribution in [1.82, 2.24) is 4.90 Å². The van der Waals surface area contributed by atoms with Crippen LogP contribution < -0.4 is 5.73 Å². The van der Waals surface area contributed by atoms with Gasteiger partial charge in [0.05, 0.1) is 29.5 Å². The lowest BCUT2D eigenvalue weighted by atomic mass is 9.50. The Kier molecular flexibility index (Phi) is 4.74. The summed E-state index contributed by atoms with van der Waals surface area (Å²) in [4.78, 5) is 66.2. The summed E-state index contributed by atoms with van der Waals surface area (Å²) in [6.07, 6.45) is -1.72. The maximum atomic E-state index is 13.6.